The molecule has 5 aliphatic heterocycles. The number of aromatic nitrogens is 1. The van der Waals surface area contributed by atoms with Crippen LogP contribution in [-0.4, -0.2) is 40.5 Å². The zero-order chi connectivity index (χ0) is 21.0. The number of pyridine rings is 1. The van der Waals surface area contributed by atoms with Gasteiger partial charge in [0, 0.05) is 35.4 Å². The minimum Gasteiger partial charge on any atom is -0.364 e. The highest BCUT2D eigenvalue weighted by molar-refractivity contribution is 6.06. The summed E-state index contributed by atoms with van der Waals surface area (Å²) in [5, 5.41) is 4.00. The van der Waals surface area contributed by atoms with Gasteiger partial charge < -0.3 is 10.1 Å². The lowest BCUT2D eigenvalue weighted by Crippen LogP contribution is -2.70. The average molecular weight is 414 g/mol. The molecule has 8 rings (SSSR count). The maximum atomic E-state index is 12.9. The van der Waals surface area contributed by atoms with E-state index >= 15 is 0 Å². The number of benzene rings is 2. The first kappa shape index (κ1) is 19.0. The summed E-state index contributed by atoms with van der Waals surface area (Å²) in [6, 6.07) is 17.8. The number of fused-ring (bicyclic) bond motifs is 3. The molecule has 5 heteroatoms. The van der Waals surface area contributed by atoms with Crippen LogP contribution >= 0.6 is 0 Å². The molecule has 5 nitrogen and oxygen atoms in total. The summed E-state index contributed by atoms with van der Waals surface area (Å²) in [5.41, 5.74) is 3.46. The van der Waals surface area contributed by atoms with Crippen LogP contribution in [-0.2, 0) is 4.74 Å². The van der Waals surface area contributed by atoms with Crippen molar-refractivity contribution in [2.45, 2.75) is 43.9 Å². The molecule has 0 aliphatic carbocycles. The number of hydrogen-bond acceptors (Lipinski definition) is 4. The van der Waals surface area contributed by atoms with E-state index < -0.39 is 0 Å². The summed E-state index contributed by atoms with van der Waals surface area (Å²) >= 11 is 0. The van der Waals surface area contributed by atoms with Crippen molar-refractivity contribution in [3.05, 3.63) is 71.9 Å². The second-order valence-corrected chi connectivity index (χ2v) is 9.17. The Hall–Kier alpha value is -2.76. The molecule has 0 saturated carbocycles. The van der Waals surface area contributed by atoms with Gasteiger partial charge in [0.05, 0.1) is 17.2 Å². The molecule has 158 valence electrons. The molecular formula is C26H27N3O2. The van der Waals surface area contributed by atoms with Gasteiger partial charge in [-0.25, -0.2) is 0 Å². The molecule has 5 saturated heterocycles. The fourth-order valence-electron chi connectivity index (χ4n) is 6.01. The summed E-state index contributed by atoms with van der Waals surface area (Å²) in [7, 11) is 0. The molecule has 2 aromatic carbocycles. The molecule has 5 fully saturated rings. The number of morpholine rings is 1. The Bertz CT molecular complexity index is 1150. The molecule has 3 aromatic rings. The van der Waals surface area contributed by atoms with Crippen LogP contribution in [0.4, 0.5) is 5.69 Å². The lowest BCUT2D eigenvalue weighted by Gasteiger charge is -2.64. The summed E-state index contributed by atoms with van der Waals surface area (Å²) < 4.78 is 6.88. The Kier molecular flexibility index (Phi) is 4.37. The highest BCUT2D eigenvalue weighted by Gasteiger charge is 2.58. The minimum atomic E-state index is -0.109. The fraction of sp³-hybridized carbons (Fsp3) is 0.385. The normalized spacial score (nSPS) is 31.1. The van der Waals surface area contributed by atoms with Crippen LogP contribution in [0.15, 0.2) is 60.8 Å². The third kappa shape index (κ3) is 2.99. The zero-order valence-electron chi connectivity index (χ0n) is 17.8. The molecule has 6 heterocycles. The Morgan fingerprint density at radius 2 is 2.10 bits per heavy atom. The number of nitrogens with one attached hydrogen (secondary N) is 1. The monoisotopic (exact) mass is 413 g/mol. The molecule has 4 bridgehead atoms. The van der Waals surface area contributed by atoms with E-state index in [2.05, 4.69) is 28.2 Å². The predicted octanol–water partition coefficient (Wildman–Crippen LogP) is 4.80. The zero-order valence-corrected chi connectivity index (χ0v) is 17.8. The summed E-state index contributed by atoms with van der Waals surface area (Å²) in [6.45, 7) is 4.49. The van der Waals surface area contributed by atoms with E-state index in [0.29, 0.717) is 17.5 Å². The molecule has 31 heavy (non-hydrogen) atoms. The Labute approximate surface area is 182 Å². The Balaban J connectivity index is 1.38. The third-order valence-corrected chi connectivity index (χ3v) is 7.66. The van der Waals surface area contributed by atoms with Crippen LogP contribution in [0.1, 0.15) is 48.2 Å². The van der Waals surface area contributed by atoms with Gasteiger partial charge in [0.2, 0.25) is 0 Å². The van der Waals surface area contributed by atoms with Crippen molar-refractivity contribution in [1.29, 1.82) is 0 Å². The van der Waals surface area contributed by atoms with Crippen molar-refractivity contribution in [2.24, 2.45) is 5.92 Å². The smallest absolute Gasteiger partial charge is 0.255 e. The van der Waals surface area contributed by atoms with Gasteiger partial charge in [-0.05, 0) is 73.7 Å². The standard InChI is InChI=1S/C26H27N3O2/c1-2-26-16-29-13-11-18(26)15-23(29)24(31-26)20-10-12-27-22-9-8-17(14-21(20)22)25(30)28-19-6-4-3-5-7-19/h3-10,12,14,18,23-24H,2,11,13,15-16H2,1H3,(H,28,30)/t18-,23+,24-,26-/m0/s1. The van der Waals surface area contributed by atoms with E-state index in [1.165, 1.54) is 19.4 Å². The van der Waals surface area contributed by atoms with Gasteiger partial charge in [0.15, 0.2) is 0 Å². The number of nitrogens with zero attached hydrogens (tertiary/aromatic N) is 2. The maximum Gasteiger partial charge on any atom is 0.255 e. The number of rotatable bonds is 4. The number of piperidine rings is 3. The molecule has 0 spiro atoms. The van der Waals surface area contributed by atoms with E-state index in [1.807, 2.05) is 54.7 Å². The van der Waals surface area contributed by atoms with Gasteiger partial charge in [-0.1, -0.05) is 25.1 Å². The van der Waals surface area contributed by atoms with Crippen molar-refractivity contribution in [2.75, 3.05) is 18.4 Å². The molecular weight excluding hydrogens is 386 g/mol. The first-order valence-electron chi connectivity index (χ1n) is 11.3. The first-order chi connectivity index (χ1) is 15.2. The van der Waals surface area contributed by atoms with Gasteiger partial charge >= 0.3 is 0 Å². The second kappa shape index (κ2) is 7.14. The molecule has 5 aliphatic rings. The van der Waals surface area contributed by atoms with Crippen LogP contribution in [0.3, 0.4) is 0 Å². The number of amides is 1. The van der Waals surface area contributed by atoms with Crippen molar-refractivity contribution >= 4 is 22.5 Å². The quantitative estimate of drug-likeness (QED) is 0.667. The highest BCUT2D eigenvalue weighted by Crippen LogP contribution is 2.54. The van der Waals surface area contributed by atoms with Gasteiger partial charge in [-0.2, -0.15) is 0 Å². The number of carbonyl (C=O) groups excluding carboxylic acids is 1. The number of para-hydroxylation sites is 1. The largest absolute Gasteiger partial charge is 0.364 e. The molecule has 0 radical (unpaired) electrons. The second-order valence-electron chi connectivity index (χ2n) is 9.17. The molecule has 1 unspecified atom stereocenters. The number of hydrogen-bond donors (Lipinski definition) is 1. The van der Waals surface area contributed by atoms with Gasteiger partial charge in [0.1, 0.15) is 0 Å². The van der Waals surface area contributed by atoms with Crippen molar-refractivity contribution in [3.8, 4) is 0 Å². The minimum absolute atomic E-state index is 0.0307. The van der Waals surface area contributed by atoms with Crippen LogP contribution in [0.5, 0.6) is 0 Å². The van der Waals surface area contributed by atoms with Crippen molar-refractivity contribution in [1.82, 2.24) is 9.88 Å². The van der Waals surface area contributed by atoms with Crippen molar-refractivity contribution < 1.29 is 9.53 Å². The lowest BCUT2D eigenvalue weighted by molar-refractivity contribution is -0.274. The van der Waals surface area contributed by atoms with E-state index in [0.717, 1.165) is 35.1 Å². The Morgan fingerprint density at radius 3 is 2.87 bits per heavy atom. The van der Waals surface area contributed by atoms with E-state index in [-0.39, 0.29) is 17.6 Å². The maximum absolute atomic E-state index is 12.9. The molecule has 5 atom stereocenters. The van der Waals surface area contributed by atoms with Crippen LogP contribution in [0, 0.1) is 5.92 Å². The summed E-state index contributed by atoms with van der Waals surface area (Å²) in [5.74, 6) is 0.561. The number of ether oxygens (including phenoxy) is 1. The highest BCUT2D eigenvalue weighted by atomic mass is 16.5. The SMILES string of the molecule is CC[C@]12CN3CC[C@H]1C[C@@H]3[C@H](c1ccnc3ccc(C(=O)Nc4ccccc4)cc13)O2. The van der Waals surface area contributed by atoms with E-state index in [9.17, 15) is 4.79 Å². The van der Waals surface area contributed by atoms with E-state index in [1.54, 1.807) is 0 Å². The van der Waals surface area contributed by atoms with Gasteiger partial charge in [-0.15, -0.1) is 0 Å². The van der Waals surface area contributed by atoms with Crippen LogP contribution in [0.2, 0.25) is 0 Å². The van der Waals surface area contributed by atoms with Crippen LogP contribution < -0.4 is 5.32 Å². The van der Waals surface area contributed by atoms with Gasteiger partial charge in [-0.3, -0.25) is 14.7 Å². The predicted molar refractivity (Wildman–Crippen MR) is 121 cm³/mol. The topological polar surface area (TPSA) is 54.5 Å². The average Bonchev–Trinajstić information content (AvgIpc) is 2.83. The van der Waals surface area contributed by atoms with Crippen molar-refractivity contribution in [3.63, 3.8) is 0 Å². The molecule has 1 aromatic heterocycles. The molecule has 1 N–H and O–H groups in total. The summed E-state index contributed by atoms with van der Waals surface area (Å²) in [4.78, 5) is 20.1. The fourth-order valence-corrected chi connectivity index (χ4v) is 6.01. The van der Waals surface area contributed by atoms with Crippen LogP contribution in [0.25, 0.3) is 10.9 Å². The first-order valence-corrected chi connectivity index (χ1v) is 11.3. The number of anilines is 1. The Morgan fingerprint density at radius 1 is 1.23 bits per heavy atom. The summed E-state index contributed by atoms with van der Waals surface area (Å²) in [6.07, 6.45) is 5.40. The third-order valence-electron chi connectivity index (χ3n) is 7.66. The molecule has 1 amide bonds. The lowest BCUT2D eigenvalue weighted by atomic mass is 9.66. The van der Waals surface area contributed by atoms with Gasteiger partial charge in [0.25, 0.3) is 5.91 Å². The van der Waals surface area contributed by atoms with E-state index in [4.69, 9.17) is 4.74 Å². The number of carbonyl (C=O) groups is 1.